The fourth-order valence-corrected chi connectivity index (χ4v) is 2.89. The topological polar surface area (TPSA) is 44.4 Å². The van der Waals surface area contributed by atoms with Gasteiger partial charge in [-0.25, -0.2) is 0 Å². The number of nitrogens with zero attached hydrogens (tertiary/aromatic N) is 1. The van der Waals surface area contributed by atoms with Gasteiger partial charge in [0.15, 0.2) is 0 Å². The Kier molecular flexibility index (Phi) is 7.06. The van der Waals surface area contributed by atoms with E-state index >= 15 is 0 Å². The number of carbonyl (C=O) groups excluding carboxylic acids is 1. The summed E-state index contributed by atoms with van der Waals surface area (Å²) >= 11 is 0. The lowest BCUT2D eigenvalue weighted by Gasteiger charge is -2.21. The first-order valence-electron chi connectivity index (χ1n) is 8.80. The Labute approximate surface area is 140 Å². The fourth-order valence-electron chi connectivity index (χ4n) is 2.89. The molecule has 1 fully saturated rings. The Morgan fingerprint density at radius 2 is 2.17 bits per heavy atom. The minimum atomic E-state index is 0.168. The molecule has 2 N–H and O–H groups in total. The molecule has 1 aliphatic rings. The van der Waals surface area contributed by atoms with Gasteiger partial charge in [0, 0.05) is 25.6 Å². The van der Waals surface area contributed by atoms with Crippen molar-refractivity contribution in [3.05, 3.63) is 35.4 Å². The highest BCUT2D eigenvalue weighted by Crippen LogP contribution is 2.14. The fraction of sp³-hybridized carbons (Fsp3) is 0.632. The summed E-state index contributed by atoms with van der Waals surface area (Å²) < 4.78 is 0. The first-order chi connectivity index (χ1) is 11.0. The van der Waals surface area contributed by atoms with E-state index in [-0.39, 0.29) is 5.91 Å². The molecule has 1 amide bonds. The number of amides is 1. The van der Waals surface area contributed by atoms with Crippen LogP contribution in [-0.4, -0.2) is 37.0 Å². The molecule has 4 nitrogen and oxygen atoms in total. The Balaban J connectivity index is 1.75. The van der Waals surface area contributed by atoms with Gasteiger partial charge >= 0.3 is 0 Å². The lowest BCUT2D eigenvalue weighted by atomic mass is 10.0. The average Bonchev–Trinajstić information content (AvgIpc) is 3.04. The molecular weight excluding hydrogens is 286 g/mol. The van der Waals surface area contributed by atoms with Crippen molar-refractivity contribution in [2.75, 3.05) is 20.1 Å². The van der Waals surface area contributed by atoms with Crippen LogP contribution in [0, 0.1) is 5.92 Å². The highest BCUT2D eigenvalue weighted by atomic mass is 16.1. The third-order valence-electron chi connectivity index (χ3n) is 4.74. The lowest BCUT2D eigenvalue weighted by Crippen LogP contribution is -2.26. The van der Waals surface area contributed by atoms with E-state index in [4.69, 9.17) is 0 Å². The van der Waals surface area contributed by atoms with Gasteiger partial charge in [-0.05, 0) is 63.9 Å². The molecule has 128 valence electrons. The second kappa shape index (κ2) is 9.04. The second-order valence-electron chi connectivity index (χ2n) is 7.00. The van der Waals surface area contributed by atoms with Crippen LogP contribution in [0.2, 0.25) is 0 Å². The molecule has 1 atom stereocenters. The summed E-state index contributed by atoms with van der Waals surface area (Å²) in [5.41, 5.74) is 2.47. The average molecular weight is 317 g/mol. The van der Waals surface area contributed by atoms with Crippen LogP contribution in [0.25, 0.3) is 0 Å². The maximum absolute atomic E-state index is 12.0. The molecule has 1 aliphatic heterocycles. The van der Waals surface area contributed by atoms with Crippen LogP contribution in [-0.2, 0) is 17.9 Å². The molecule has 2 rings (SSSR count). The molecule has 1 aromatic carbocycles. The van der Waals surface area contributed by atoms with E-state index in [0.29, 0.717) is 24.9 Å². The summed E-state index contributed by atoms with van der Waals surface area (Å²) in [6.07, 6.45) is 2.85. The van der Waals surface area contributed by atoms with E-state index < -0.39 is 0 Å². The van der Waals surface area contributed by atoms with Crippen LogP contribution in [0.3, 0.4) is 0 Å². The van der Waals surface area contributed by atoms with E-state index in [9.17, 15) is 4.79 Å². The smallest absolute Gasteiger partial charge is 0.220 e. The van der Waals surface area contributed by atoms with Gasteiger partial charge in [-0.1, -0.05) is 24.3 Å². The van der Waals surface area contributed by atoms with Crippen LogP contribution in [0.1, 0.15) is 44.2 Å². The monoisotopic (exact) mass is 317 g/mol. The Morgan fingerprint density at radius 1 is 1.39 bits per heavy atom. The molecule has 1 saturated heterocycles. The third-order valence-corrected chi connectivity index (χ3v) is 4.74. The van der Waals surface area contributed by atoms with Gasteiger partial charge in [0.1, 0.15) is 0 Å². The predicted octanol–water partition coefficient (Wildman–Crippen LogP) is 2.53. The van der Waals surface area contributed by atoms with Crippen molar-refractivity contribution in [1.29, 1.82) is 0 Å². The Morgan fingerprint density at radius 3 is 2.87 bits per heavy atom. The Hall–Kier alpha value is -1.39. The van der Waals surface area contributed by atoms with Crippen LogP contribution in [0.15, 0.2) is 24.3 Å². The molecule has 1 aromatic rings. The maximum Gasteiger partial charge on any atom is 0.220 e. The van der Waals surface area contributed by atoms with E-state index in [1.54, 1.807) is 0 Å². The van der Waals surface area contributed by atoms with Crippen molar-refractivity contribution < 1.29 is 4.79 Å². The van der Waals surface area contributed by atoms with Crippen LogP contribution < -0.4 is 10.6 Å². The minimum Gasteiger partial charge on any atom is -0.352 e. The lowest BCUT2D eigenvalue weighted by molar-refractivity contribution is -0.121. The summed E-state index contributed by atoms with van der Waals surface area (Å²) in [4.78, 5) is 14.3. The molecule has 0 aromatic heterocycles. The van der Waals surface area contributed by atoms with E-state index in [0.717, 1.165) is 26.1 Å². The van der Waals surface area contributed by atoms with Crippen molar-refractivity contribution in [3.63, 3.8) is 0 Å². The minimum absolute atomic E-state index is 0.168. The largest absolute Gasteiger partial charge is 0.352 e. The molecule has 1 unspecified atom stereocenters. The van der Waals surface area contributed by atoms with Gasteiger partial charge in [0.2, 0.25) is 5.91 Å². The van der Waals surface area contributed by atoms with Crippen molar-refractivity contribution >= 4 is 5.91 Å². The first-order valence-corrected chi connectivity index (χ1v) is 8.80. The van der Waals surface area contributed by atoms with Gasteiger partial charge < -0.3 is 10.6 Å². The summed E-state index contributed by atoms with van der Waals surface area (Å²) in [6.45, 7) is 8.13. The third kappa shape index (κ3) is 6.32. The normalized spacial score (nSPS) is 17.9. The van der Waals surface area contributed by atoms with Crippen molar-refractivity contribution in [2.24, 2.45) is 5.92 Å². The molecule has 23 heavy (non-hydrogen) atoms. The summed E-state index contributed by atoms with van der Waals surface area (Å²) in [7, 11) is 2.14. The number of hydrogen-bond acceptors (Lipinski definition) is 3. The van der Waals surface area contributed by atoms with E-state index in [1.165, 1.54) is 17.5 Å². The zero-order chi connectivity index (χ0) is 16.7. The highest BCUT2D eigenvalue weighted by Gasteiger charge is 2.15. The molecule has 0 bridgehead atoms. The van der Waals surface area contributed by atoms with Crippen LogP contribution >= 0.6 is 0 Å². The molecule has 0 saturated carbocycles. The number of nitrogens with one attached hydrogen (secondary N) is 2. The number of rotatable bonds is 8. The molecule has 1 heterocycles. The van der Waals surface area contributed by atoms with Crippen molar-refractivity contribution in [1.82, 2.24) is 15.5 Å². The standard InChI is InChI=1S/C19H31N3O/c1-15(2)22(3)14-18-6-4-5-17(11-18)13-21-19(23)8-7-16-9-10-20-12-16/h4-6,11,15-16,20H,7-10,12-14H2,1-3H3,(H,21,23). The van der Waals surface area contributed by atoms with Crippen LogP contribution in [0.4, 0.5) is 0 Å². The highest BCUT2D eigenvalue weighted by molar-refractivity contribution is 5.75. The Bertz CT molecular complexity index is 495. The van der Waals surface area contributed by atoms with Crippen molar-refractivity contribution in [3.8, 4) is 0 Å². The summed E-state index contributed by atoms with van der Waals surface area (Å²) in [5.74, 6) is 0.845. The number of hydrogen-bond donors (Lipinski definition) is 2. The van der Waals surface area contributed by atoms with Gasteiger partial charge in [-0.15, -0.1) is 0 Å². The van der Waals surface area contributed by atoms with E-state index in [2.05, 4.69) is 60.7 Å². The van der Waals surface area contributed by atoms with Crippen LogP contribution in [0.5, 0.6) is 0 Å². The molecule has 0 radical (unpaired) electrons. The van der Waals surface area contributed by atoms with Gasteiger partial charge in [-0.2, -0.15) is 0 Å². The van der Waals surface area contributed by atoms with Gasteiger partial charge in [0.05, 0.1) is 0 Å². The van der Waals surface area contributed by atoms with Gasteiger partial charge in [0.25, 0.3) is 0 Å². The number of carbonyl (C=O) groups is 1. The van der Waals surface area contributed by atoms with Gasteiger partial charge in [-0.3, -0.25) is 9.69 Å². The first kappa shape index (κ1) is 18.0. The SMILES string of the molecule is CC(C)N(C)Cc1cccc(CNC(=O)CCC2CCNC2)c1. The summed E-state index contributed by atoms with van der Waals surface area (Å²) in [5, 5.41) is 6.40. The predicted molar refractivity (Wildman–Crippen MR) is 95.1 cm³/mol. The molecule has 0 aliphatic carbocycles. The van der Waals surface area contributed by atoms with E-state index in [1.807, 2.05) is 0 Å². The summed E-state index contributed by atoms with van der Waals surface area (Å²) in [6, 6.07) is 9.04. The maximum atomic E-state index is 12.0. The molecular formula is C19H31N3O. The quantitative estimate of drug-likeness (QED) is 0.774. The molecule has 4 heteroatoms. The zero-order valence-corrected chi connectivity index (χ0v) is 14.8. The second-order valence-corrected chi connectivity index (χ2v) is 7.00. The number of benzene rings is 1. The zero-order valence-electron chi connectivity index (χ0n) is 14.8. The molecule has 0 spiro atoms. The van der Waals surface area contributed by atoms with Crippen molar-refractivity contribution in [2.45, 2.75) is 52.2 Å².